The number of fused-ring (bicyclic) bond motifs is 3. The van der Waals surface area contributed by atoms with E-state index in [0.717, 1.165) is 0 Å². The van der Waals surface area contributed by atoms with Gasteiger partial charge in [0.2, 0.25) is 11.8 Å². The Balaban J connectivity index is 0.00000141. The minimum Gasteiger partial charge on any atom is -0.461 e. The molecule has 0 aliphatic carbocycles. The molecule has 4 aromatic rings. The lowest BCUT2D eigenvalue weighted by Crippen LogP contribution is -2.15. The number of rotatable bonds is 7. The van der Waals surface area contributed by atoms with Crippen LogP contribution >= 0.6 is 42.0 Å². The molecule has 0 bridgehead atoms. The van der Waals surface area contributed by atoms with Crippen LogP contribution in [0.1, 0.15) is 31.3 Å². The average molecular weight is 590 g/mol. The number of halogens is 2. The molecule has 0 saturated carbocycles. The summed E-state index contributed by atoms with van der Waals surface area (Å²) < 4.78 is 13.6. The molecule has 0 spiro atoms. The Morgan fingerprint density at radius 1 is 1.28 bits per heavy atom. The Kier molecular flexibility index (Phi) is 8.51. The highest BCUT2D eigenvalue weighted by Crippen LogP contribution is 2.34. The van der Waals surface area contributed by atoms with Gasteiger partial charge in [0.15, 0.2) is 5.65 Å². The maximum absolute atomic E-state index is 12.6. The van der Waals surface area contributed by atoms with Gasteiger partial charge in [-0.3, -0.25) is 4.98 Å². The normalized spacial score (nSPS) is 10.9. The van der Waals surface area contributed by atoms with Crippen molar-refractivity contribution in [3.63, 3.8) is 0 Å². The molecule has 170 valence electrons. The third-order valence-electron chi connectivity index (χ3n) is 4.25. The largest absolute Gasteiger partial charge is 0.461 e. The maximum Gasteiger partial charge on any atom is 0.356 e. The van der Waals surface area contributed by atoms with Gasteiger partial charge < -0.3 is 19.2 Å². The number of nitrogens with zero attached hydrogens (tertiary/aromatic N) is 6. The summed E-state index contributed by atoms with van der Waals surface area (Å²) in [5.74, 6) is -0.103. The van der Waals surface area contributed by atoms with E-state index in [1.807, 2.05) is 41.1 Å². The van der Waals surface area contributed by atoms with Crippen LogP contribution < -0.4 is 5.73 Å². The quantitative estimate of drug-likeness (QED) is 0.143. The van der Waals surface area contributed by atoms with Crippen molar-refractivity contribution in [2.24, 2.45) is 0 Å². The third-order valence-corrected chi connectivity index (χ3v) is 5.64. The summed E-state index contributed by atoms with van der Waals surface area (Å²) in [4.78, 5) is 25.9. The smallest absolute Gasteiger partial charge is 0.356 e. The summed E-state index contributed by atoms with van der Waals surface area (Å²) in [6, 6.07) is 5.41. The molecule has 4 aromatic heterocycles. The zero-order chi connectivity index (χ0) is 23.3. The van der Waals surface area contributed by atoms with Crippen molar-refractivity contribution < 1.29 is 13.7 Å². The Hall–Kier alpha value is -2.16. The van der Waals surface area contributed by atoms with Crippen LogP contribution in [0, 0.1) is 0 Å². The second-order valence-corrected chi connectivity index (χ2v) is 7.79. The van der Waals surface area contributed by atoms with Crippen molar-refractivity contribution in [1.29, 1.82) is 0 Å². The summed E-state index contributed by atoms with van der Waals surface area (Å²) in [6.45, 7) is 6.56. The standard InChI is InChI=1S/C17H15ClIN7O3S.C2H6/c1-2-28-16(27)12-11(18)10-14(25(12)7-8-29-30-19)23-17(20)26-15(10)22-13(24-26)9-5-3-4-6-21-9;1-2/h3-6H,2,7-8H2,1H3,(H2,20,23);1-2H3. The molecule has 32 heavy (non-hydrogen) atoms. The third kappa shape index (κ3) is 4.63. The van der Waals surface area contributed by atoms with Crippen molar-refractivity contribution in [2.45, 2.75) is 27.3 Å². The Bertz CT molecular complexity index is 1230. The lowest BCUT2D eigenvalue weighted by atomic mass is 10.3. The number of carbonyl (C=O) groups is 1. The van der Waals surface area contributed by atoms with Gasteiger partial charge >= 0.3 is 5.97 Å². The van der Waals surface area contributed by atoms with Crippen LogP contribution in [0.5, 0.6) is 0 Å². The van der Waals surface area contributed by atoms with Gasteiger partial charge in [0.25, 0.3) is 0 Å². The van der Waals surface area contributed by atoms with E-state index < -0.39 is 5.97 Å². The van der Waals surface area contributed by atoms with E-state index >= 15 is 0 Å². The van der Waals surface area contributed by atoms with Crippen LogP contribution in [0.3, 0.4) is 0 Å². The van der Waals surface area contributed by atoms with Gasteiger partial charge in [-0.15, -0.1) is 5.10 Å². The topological polar surface area (TPSA) is 122 Å². The Morgan fingerprint density at radius 3 is 2.72 bits per heavy atom. The van der Waals surface area contributed by atoms with Crippen LogP contribution in [-0.2, 0) is 15.5 Å². The van der Waals surface area contributed by atoms with Crippen LogP contribution in [0.2, 0.25) is 5.02 Å². The lowest BCUT2D eigenvalue weighted by molar-refractivity contribution is 0.0514. The molecule has 4 heterocycles. The fourth-order valence-electron chi connectivity index (χ4n) is 3.06. The lowest BCUT2D eigenvalue weighted by Gasteiger charge is -2.09. The minimum atomic E-state index is -0.566. The monoisotopic (exact) mass is 589 g/mol. The predicted octanol–water partition coefficient (Wildman–Crippen LogP) is 4.59. The van der Waals surface area contributed by atoms with Gasteiger partial charge in [0.1, 0.15) is 17.0 Å². The Morgan fingerprint density at radius 2 is 2.06 bits per heavy atom. The fraction of sp³-hybridized carbons (Fsp3) is 0.316. The van der Waals surface area contributed by atoms with E-state index in [1.54, 1.807) is 29.8 Å². The summed E-state index contributed by atoms with van der Waals surface area (Å²) in [5.41, 5.74) is 7.66. The van der Waals surface area contributed by atoms with Crippen molar-refractivity contribution >= 4 is 70.6 Å². The van der Waals surface area contributed by atoms with E-state index in [2.05, 4.69) is 20.1 Å². The first-order chi connectivity index (χ1) is 15.6. The molecular weight excluding hydrogens is 569 g/mol. The average Bonchev–Trinajstić information content (AvgIpc) is 3.36. The minimum absolute atomic E-state index is 0.0993. The number of nitrogen functional groups attached to an aromatic ring is 1. The van der Waals surface area contributed by atoms with Gasteiger partial charge in [-0.05, 0) is 19.1 Å². The first-order valence-corrected chi connectivity index (χ1v) is 13.5. The molecule has 0 unspecified atom stereocenters. The molecule has 0 saturated heterocycles. The van der Waals surface area contributed by atoms with Crippen molar-refractivity contribution in [3.8, 4) is 11.5 Å². The van der Waals surface area contributed by atoms with Crippen LogP contribution in [0.15, 0.2) is 24.4 Å². The molecule has 10 nitrogen and oxygen atoms in total. The zero-order valence-corrected chi connectivity index (χ0v) is 21.3. The van der Waals surface area contributed by atoms with Crippen LogP contribution in [-0.4, -0.2) is 48.3 Å². The first-order valence-electron chi connectivity index (χ1n) is 9.79. The number of carbonyl (C=O) groups excluding carboxylic acids is 1. The fourth-order valence-corrected chi connectivity index (χ4v) is 4.09. The maximum atomic E-state index is 12.6. The van der Waals surface area contributed by atoms with E-state index in [0.29, 0.717) is 41.4 Å². The van der Waals surface area contributed by atoms with Gasteiger partial charge in [-0.2, -0.15) is 9.50 Å². The number of esters is 1. The number of pyridine rings is 1. The summed E-state index contributed by atoms with van der Waals surface area (Å²) >= 11 is 8.66. The molecule has 0 aromatic carbocycles. The van der Waals surface area contributed by atoms with Gasteiger partial charge in [0, 0.05) is 33.9 Å². The van der Waals surface area contributed by atoms with Crippen molar-refractivity contribution in [2.75, 3.05) is 18.9 Å². The second kappa shape index (κ2) is 11.1. The van der Waals surface area contributed by atoms with E-state index in [4.69, 9.17) is 26.3 Å². The summed E-state index contributed by atoms with van der Waals surface area (Å²) in [7, 11) is 1.19. The summed E-state index contributed by atoms with van der Waals surface area (Å²) in [6.07, 6.45) is 1.64. The zero-order valence-electron chi connectivity index (χ0n) is 17.6. The molecule has 4 rings (SSSR count). The number of aromatic nitrogens is 6. The second-order valence-electron chi connectivity index (χ2n) is 5.97. The van der Waals surface area contributed by atoms with E-state index in [1.165, 1.54) is 13.7 Å². The molecule has 0 amide bonds. The van der Waals surface area contributed by atoms with Gasteiger partial charge in [-0.1, -0.05) is 31.5 Å². The highest BCUT2D eigenvalue weighted by Gasteiger charge is 2.28. The number of hydrogen-bond donors (Lipinski definition) is 1. The van der Waals surface area contributed by atoms with Crippen molar-refractivity contribution in [3.05, 3.63) is 35.1 Å². The summed E-state index contributed by atoms with van der Waals surface area (Å²) in [5, 5.41) is 5.03. The van der Waals surface area contributed by atoms with Crippen LogP contribution in [0.25, 0.3) is 28.2 Å². The highest BCUT2D eigenvalue weighted by molar-refractivity contribution is 14.2. The molecule has 2 N–H and O–H groups in total. The predicted molar refractivity (Wildman–Crippen MR) is 134 cm³/mol. The van der Waals surface area contributed by atoms with Crippen LogP contribution in [0.4, 0.5) is 5.95 Å². The number of hydrogen-bond acceptors (Lipinski definition) is 9. The Labute approximate surface area is 205 Å². The first kappa shape index (κ1) is 24.5. The molecular formula is C19H21ClIN7O3S. The van der Waals surface area contributed by atoms with E-state index in [9.17, 15) is 4.79 Å². The van der Waals surface area contributed by atoms with Gasteiger partial charge in [0.05, 0.1) is 32.8 Å². The van der Waals surface area contributed by atoms with Crippen molar-refractivity contribution in [1.82, 2.24) is 29.1 Å². The molecule has 0 atom stereocenters. The molecule has 13 heteroatoms. The number of anilines is 1. The molecule has 0 radical (unpaired) electrons. The van der Waals surface area contributed by atoms with Gasteiger partial charge in [-0.25, -0.2) is 9.78 Å². The molecule has 0 fully saturated rings. The SMILES string of the molecule is CC.CCOC(=O)c1c(Cl)c2c(nc(N)n3nc(-c4ccccn4)nc23)n1CCOSI. The molecule has 0 aliphatic heterocycles. The molecule has 0 aliphatic rings. The van der Waals surface area contributed by atoms with E-state index in [-0.39, 0.29) is 23.3 Å². The highest BCUT2D eigenvalue weighted by atomic mass is 127. The number of ether oxygens (including phenoxy) is 1. The number of nitrogens with two attached hydrogens (primary N) is 1.